The summed E-state index contributed by atoms with van der Waals surface area (Å²) in [5.74, 6) is 0. The van der Waals surface area contributed by atoms with Gasteiger partial charge in [0.2, 0.25) is 0 Å². The second kappa shape index (κ2) is 7.23. The van der Waals surface area contributed by atoms with Gasteiger partial charge in [-0.3, -0.25) is 19.8 Å². The Hall–Kier alpha value is -2.77. The molecule has 0 spiro atoms. The SMILES string of the molecule is Cc1nn(CN(C)Cc2cc([N+](=O)[O-])ccc2Cl)c(=O)c2ccccc12. The average molecular weight is 373 g/mol. The van der Waals surface area contributed by atoms with Gasteiger partial charge in [-0.2, -0.15) is 5.10 Å². The van der Waals surface area contributed by atoms with E-state index in [1.165, 1.54) is 22.9 Å². The summed E-state index contributed by atoms with van der Waals surface area (Å²) in [4.78, 5) is 24.9. The van der Waals surface area contributed by atoms with E-state index in [-0.39, 0.29) is 17.9 Å². The van der Waals surface area contributed by atoms with Crippen LogP contribution >= 0.6 is 11.6 Å². The summed E-state index contributed by atoms with van der Waals surface area (Å²) >= 11 is 6.15. The number of fused-ring (bicyclic) bond motifs is 1. The lowest BCUT2D eigenvalue weighted by molar-refractivity contribution is -0.384. The average Bonchev–Trinajstić information content (AvgIpc) is 2.61. The van der Waals surface area contributed by atoms with Gasteiger partial charge in [-0.15, -0.1) is 0 Å². The molecule has 3 rings (SSSR count). The van der Waals surface area contributed by atoms with E-state index in [1.807, 2.05) is 30.0 Å². The van der Waals surface area contributed by atoms with Crippen LogP contribution in [0.2, 0.25) is 5.02 Å². The molecule has 0 unspecified atom stereocenters. The molecule has 7 nitrogen and oxygen atoms in total. The summed E-state index contributed by atoms with van der Waals surface area (Å²) in [6, 6.07) is 11.7. The van der Waals surface area contributed by atoms with E-state index in [4.69, 9.17) is 11.6 Å². The molecule has 1 aromatic heterocycles. The molecule has 0 saturated carbocycles. The van der Waals surface area contributed by atoms with Crippen molar-refractivity contribution in [2.75, 3.05) is 7.05 Å². The van der Waals surface area contributed by atoms with Crippen LogP contribution in [0.15, 0.2) is 47.3 Å². The van der Waals surface area contributed by atoms with Crippen LogP contribution in [0.25, 0.3) is 10.8 Å². The first-order chi connectivity index (χ1) is 12.4. The monoisotopic (exact) mass is 372 g/mol. The molecule has 0 radical (unpaired) electrons. The Balaban J connectivity index is 1.87. The fraction of sp³-hybridized carbons (Fsp3) is 0.222. The summed E-state index contributed by atoms with van der Waals surface area (Å²) < 4.78 is 1.39. The maximum Gasteiger partial charge on any atom is 0.275 e. The number of aryl methyl sites for hydroxylation is 1. The number of rotatable bonds is 5. The van der Waals surface area contributed by atoms with Gasteiger partial charge in [-0.05, 0) is 31.7 Å². The van der Waals surface area contributed by atoms with Crippen LogP contribution in [0.1, 0.15) is 11.3 Å². The van der Waals surface area contributed by atoms with Crippen molar-refractivity contribution >= 4 is 28.1 Å². The molecule has 0 bridgehead atoms. The van der Waals surface area contributed by atoms with Gasteiger partial charge >= 0.3 is 0 Å². The third-order valence-electron chi connectivity index (χ3n) is 4.11. The van der Waals surface area contributed by atoms with Gasteiger partial charge in [0.15, 0.2) is 0 Å². The Morgan fingerprint density at radius 3 is 2.62 bits per heavy atom. The third-order valence-corrected chi connectivity index (χ3v) is 4.48. The zero-order valence-electron chi connectivity index (χ0n) is 14.3. The van der Waals surface area contributed by atoms with Crippen LogP contribution in [0, 0.1) is 17.0 Å². The molecule has 0 fully saturated rings. The molecule has 0 N–H and O–H groups in total. The van der Waals surface area contributed by atoms with E-state index in [2.05, 4.69) is 5.10 Å². The highest BCUT2D eigenvalue weighted by atomic mass is 35.5. The summed E-state index contributed by atoms with van der Waals surface area (Å²) in [6.07, 6.45) is 0. The Morgan fingerprint density at radius 1 is 1.23 bits per heavy atom. The van der Waals surface area contributed by atoms with Crippen molar-refractivity contribution in [1.82, 2.24) is 14.7 Å². The summed E-state index contributed by atoms with van der Waals surface area (Å²) in [5, 5.41) is 17.2. The maximum absolute atomic E-state index is 12.6. The van der Waals surface area contributed by atoms with Crippen molar-refractivity contribution in [3.05, 3.63) is 79.2 Å². The first-order valence-electron chi connectivity index (χ1n) is 7.94. The lowest BCUT2D eigenvalue weighted by Crippen LogP contribution is -2.32. The molecule has 0 saturated heterocycles. The Kier molecular flexibility index (Phi) is 5.01. The zero-order chi connectivity index (χ0) is 18.8. The number of hydrogen-bond acceptors (Lipinski definition) is 5. The number of nitrogens with zero attached hydrogens (tertiary/aromatic N) is 4. The largest absolute Gasteiger partial charge is 0.283 e. The lowest BCUT2D eigenvalue weighted by atomic mass is 10.1. The molecule has 0 aliphatic rings. The molecule has 134 valence electrons. The summed E-state index contributed by atoms with van der Waals surface area (Å²) in [7, 11) is 1.80. The van der Waals surface area contributed by atoms with Gasteiger partial charge in [0.1, 0.15) is 0 Å². The van der Waals surface area contributed by atoms with E-state index in [9.17, 15) is 14.9 Å². The van der Waals surface area contributed by atoms with Crippen LogP contribution in [0.3, 0.4) is 0 Å². The van der Waals surface area contributed by atoms with Gasteiger partial charge < -0.3 is 0 Å². The van der Waals surface area contributed by atoms with Crippen LogP contribution in [-0.2, 0) is 13.2 Å². The standard InChI is InChI=1S/C18H17ClN4O3/c1-12-15-5-3-4-6-16(15)18(24)22(20-12)11-21(2)10-13-9-14(23(25)26)7-8-17(13)19/h3-9H,10-11H2,1-2H3. The summed E-state index contributed by atoms with van der Waals surface area (Å²) in [5.41, 5.74) is 1.19. The van der Waals surface area contributed by atoms with E-state index >= 15 is 0 Å². The first kappa shape index (κ1) is 18.0. The minimum absolute atomic E-state index is 0.0189. The molecule has 2 aromatic carbocycles. The Labute approximate surface area is 154 Å². The number of nitro benzene ring substituents is 1. The number of halogens is 1. The molecule has 0 aliphatic heterocycles. The molecular formula is C18H17ClN4O3. The highest BCUT2D eigenvalue weighted by Crippen LogP contribution is 2.23. The quantitative estimate of drug-likeness (QED) is 0.506. The van der Waals surface area contributed by atoms with Gasteiger partial charge in [0.05, 0.1) is 22.7 Å². The fourth-order valence-corrected chi connectivity index (χ4v) is 3.04. The van der Waals surface area contributed by atoms with Crippen molar-refractivity contribution in [1.29, 1.82) is 0 Å². The molecular weight excluding hydrogens is 356 g/mol. The molecule has 0 amide bonds. The smallest absolute Gasteiger partial charge is 0.275 e. The number of aromatic nitrogens is 2. The fourth-order valence-electron chi connectivity index (χ4n) is 2.87. The third kappa shape index (κ3) is 3.58. The van der Waals surface area contributed by atoms with Crippen LogP contribution in [0.4, 0.5) is 5.69 Å². The highest BCUT2D eigenvalue weighted by molar-refractivity contribution is 6.31. The molecule has 1 heterocycles. The van der Waals surface area contributed by atoms with Crippen LogP contribution < -0.4 is 5.56 Å². The van der Waals surface area contributed by atoms with Crippen LogP contribution in [0.5, 0.6) is 0 Å². The van der Waals surface area contributed by atoms with Crippen molar-refractivity contribution in [3.63, 3.8) is 0 Å². The van der Waals surface area contributed by atoms with E-state index < -0.39 is 4.92 Å². The predicted octanol–water partition coefficient (Wildman–Crippen LogP) is 3.36. The molecule has 3 aromatic rings. The Bertz CT molecular complexity index is 1050. The van der Waals surface area contributed by atoms with Crippen molar-refractivity contribution in [3.8, 4) is 0 Å². The topological polar surface area (TPSA) is 81.3 Å². The number of non-ortho nitro benzene ring substituents is 1. The molecule has 0 atom stereocenters. The van der Waals surface area contributed by atoms with E-state index in [0.717, 1.165) is 11.1 Å². The number of hydrogen-bond donors (Lipinski definition) is 0. The molecule has 0 aliphatic carbocycles. The minimum atomic E-state index is -0.460. The van der Waals surface area contributed by atoms with E-state index in [1.54, 1.807) is 13.1 Å². The van der Waals surface area contributed by atoms with Gasteiger partial charge in [-0.1, -0.05) is 29.8 Å². The van der Waals surface area contributed by atoms with Crippen LogP contribution in [-0.4, -0.2) is 26.7 Å². The highest BCUT2D eigenvalue weighted by Gasteiger charge is 2.13. The number of nitro groups is 1. The van der Waals surface area contributed by atoms with Gasteiger partial charge in [-0.25, -0.2) is 4.68 Å². The van der Waals surface area contributed by atoms with Gasteiger partial charge in [0, 0.05) is 29.1 Å². The second-order valence-electron chi connectivity index (χ2n) is 6.12. The number of benzene rings is 2. The normalized spacial score (nSPS) is 11.2. The minimum Gasteiger partial charge on any atom is -0.283 e. The zero-order valence-corrected chi connectivity index (χ0v) is 15.1. The van der Waals surface area contributed by atoms with Gasteiger partial charge in [0.25, 0.3) is 11.2 Å². The van der Waals surface area contributed by atoms with Crippen molar-refractivity contribution in [2.45, 2.75) is 20.1 Å². The maximum atomic E-state index is 12.6. The molecule has 8 heteroatoms. The Morgan fingerprint density at radius 2 is 1.92 bits per heavy atom. The summed E-state index contributed by atoms with van der Waals surface area (Å²) in [6.45, 7) is 2.44. The van der Waals surface area contributed by atoms with E-state index in [0.29, 0.717) is 22.5 Å². The first-order valence-corrected chi connectivity index (χ1v) is 8.32. The second-order valence-corrected chi connectivity index (χ2v) is 6.53. The van der Waals surface area contributed by atoms with Crippen molar-refractivity contribution < 1.29 is 4.92 Å². The molecule has 26 heavy (non-hydrogen) atoms. The lowest BCUT2D eigenvalue weighted by Gasteiger charge is -2.19. The predicted molar refractivity (Wildman–Crippen MR) is 100 cm³/mol. The van der Waals surface area contributed by atoms with Crippen molar-refractivity contribution in [2.24, 2.45) is 0 Å².